The predicted octanol–water partition coefficient (Wildman–Crippen LogP) is 6.05. The monoisotopic (exact) mass is 406 g/mol. The number of carbonyl (C=O) groups excluding carboxylic acids is 1. The lowest BCUT2D eigenvalue weighted by molar-refractivity contribution is -0.384. The first-order chi connectivity index (χ1) is 15.1. The average Bonchev–Trinajstić information content (AvgIpc) is 2.79. The molecule has 4 aromatic rings. The Bertz CT molecular complexity index is 1340. The number of anilines is 1. The van der Waals surface area contributed by atoms with E-state index in [1.54, 1.807) is 30.3 Å². The number of carbonyl (C=O) groups is 1. The number of hydrogen-bond acceptors (Lipinski definition) is 4. The van der Waals surface area contributed by atoms with Crippen molar-refractivity contribution in [3.8, 4) is 0 Å². The van der Waals surface area contributed by atoms with Crippen molar-refractivity contribution in [3.63, 3.8) is 0 Å². The maximum Gasteiger partial charge on any atom is 0.270 e. The van der Waals surface area contributed by atoms with Crippen molar-refractivity contribution >= 4 is 27.9 Å². The van der Waals surface area contributed by atoms with E-state index in [1.807, 2.05) is 35.4 Å². The summed E-state index contributed by atoms with van der Waals surface area (Å²) in [4.78, 5) is 26.2. The topological polar surface area (TPSA) is 63.4 Å². The van der Waals surface area contributed by atoms with Gasteiger partial charge in [0.05, 0.1) is 22.2 Å². The molecule has 1 aliphatic heterocycles. The number of nitrogens with zero attached hydrogens (tertiary/aromatic N) is 2. The molecule has 5 nitrogen and oxygen atoms in total. The van der Waals surface area contributed by atoms with Gasteiger partial charge in [0.2, 0.25) is 0 Å². The molecule has 0 bridgehead atoms. The minimum Gasteiger partial charge on any atom is -0.336 e. The van der Waals surface area contributed by atoms with Gasteiger partial charge in [0, 0.05) is 23.9 Å². The van der Waals surface area contributed by atoms with E-state index < -0.39 is 4.92 Å². The summed E-state index contributed by atoms with van der Waals surface area (Å²) in [5.41, 5.74) is 2.48. The fourth-order valence-corrected chi connectivity index (χ4v) is 4.04. The first-order valence-electron chi connectivity index (χ1n) is 9.96. The molecule has 1 aliphatic rings. The highest BCUT2D eigenvalue weighted by molar-refractivity contribution is 6.13. The van der Waals surface area contributed by atoms with Crippen LogP contribution in [0.3, 0.4) is 0 Å². The van der Waals surface area contributed by atoms with Crippen LogP contribution in [0.15, 0.2) is 103 Å². The summed E-state index contributed by atoms with van der Waals surface area (Å²) in [6.45, 7) is 0. The van der Waals surface area contributed by atoms with Crippen molar-refractivity contribution in [2.24, 2.45) is 0 Å². The highest BCUT2D eigenvalue weighted by Crippen LogP contribution is 2.41. The van der Waals surface area contributed by atoms with Crippen LogP contribution in [0.4, 0.5) is 11.4 Å². The minimum absolute atomic E-state index is 0.0603. The first-order valence-corrected chi connectivity index (χ1v) is 9.96. The van der Waals surface area contributed by atoms with Crippen molar-refractivity contribution in [2.75, 3.05) is 4.90 Å². The first kappa shape index (κ1) is 18.8. The number of ketones is 1. The van der Waals surface area contributed by atoms with Gasteiger partial charge in [-0.05, 0) is 28.5 Å². The molecule has 0 spiro atoms. The zero-order valence-corrected chi connectivity index (χ0v) is 16.5. The van der Waals surface area contributed by atoms with Gasteiger partial charge in [0.25, 0.3) is 5.69 Å². The van der Waals surface area contributed by atoms with Gasteiger partial charge in [-0.25, -0.2) is 0 Å². The summed E-state index contributed by atoms with van der Waals surface area (Å²) in [7, 11) is 0. The Hall–Kier alpha value is -4.25. The fraction of sp³-hybridized carbons (Fsp3) is 0.0385. The highest BCUT2D eigenvalue weighted by Gasteiger charge is 2.29. The third-order valence-corrected chi connectivity index (χ3v) is 5.62. The Morgan fingerprint density at radius 3 is 2.35 bits per heavy atom. The molecule has 0 aromatic heterocycles. The van der Waals surface area contributed by atoms with Crippen LogP contribution in [0, 0.1) is 10.1 Å². The summed E-state index contributed by atoms with van der Waals surface area (Å²) in [5, 5.41) is 13.7. The van der Waals surface area contributed by atoms with Gasteiger partial charge in [0.1, 0.15) is 0 Å². The molecular weight excluding hydrogens is 388 g/mol. The van der Waals surface area contributed by atoms with Crippen LogP contribution in [0.25, 0.3) is 10.8 Å². The molecule has 4 aromatic carbocycles. The highest BCUT2D eigenvalue weighted by atomic mass is 16.6. The molecule has 0 saturated carbocycles. The summed E-state index contributed by atoms with van der Waals surface area (Å²) >= 11 is 0. The zero-order chi connectivity index (χ0) is 21.4. The van der Waals surface area contributed by atoms with E-state index in [2.05, 4.69) is 30.3 Å². The molecule has 5 rings (SSSR count). The minimum atomic E-state index is -0.473. The number of rotatable bonds is 5. The van der Waals surface area contributed by atoms with Crippen LogP contribution in [0.2, 0.25) is 0 Å². The third kappa shape index (κ3) is 3.26. The molecule has 1 heterocycles. The number of non-ortho nitro benzene ring substituents is 1. The molecular formula is C26H18N2O3. The molecule has 31 heavy (non-hydrogen) atoms. The SMILES string of the molecule is O=C(c1ccccc1)c1cc([N+](=O)[O-])ccc1N1C=CC1c1cccc2ccccc12. The third-order valence-electron chi connectivity index (χ3n) is 5.62. The van der Waals surface area contributed by atoms with Crippen LogP contribution in [-0.4, -0.2) is 10.7 Å². The lowest BCUT2D eigenvalue weighted by Crippen LogP contribution is -2.30. The maximum atomic E-state index is 13.3. The van der Waals surface area contributed by atoms with Crippen LogP contribution in [-0.2, 0) is 0 Å². The van der Waals surface area contributed by atoms with E-state index in [1.165, 1.54) is 12.1 Å². The van der Waals surface area contributed by atoms with Crippen molar-refractivity contribution in [1.29, 1.82) is 0 Å². The van der Waals surface area contributed by atoms with Gasteiger partial charge in [-0.1, -0.05) is 72.8 Å². The normalized spacial score (nSPS) is 15.0. The summed E-state index contributed by atoms with van der Waals surface area (Å²) in [6, 6.07) is 27.6. The quantitative estimate of drug-likeness (QED) is 0.230. The van der Waals surface area contributed by atoms with Gasteiger partial charge in [-0.2, -0.15) is 0 Å². The van der Waals surface area contributed by atoms with Crippen LogP contribution < -0.4 is 4.90 Å². The van der Waals surface area contributed by atoms with Gasteiger partial charge in [0.15, 0.2) is 5.78 Å². The second kappa shape index (κ2) is 7.54. The zero-order valence-electron chi connectivity index (χ0n) is 16.5. The number of fused-ring (bicyclic) bond motifs is 1. The Balaban J connectivity index is 1.61. The Morgan fingerprint density at radius 1 is 0.871 bits per heavy atom. The molecule has 1 unspecified atom stereocenters. The second-order valence-electron chi connectivity index (χ2n) is 7.42. The van der Waals surface area contributed by atoms with E-state index in [4.69, 9.17) is 0 Å². The van der Waals surface area contributed by atoms with Crippen molar-refractivity contribution in [3.05, 3.63) is 130 Å². The summed E-state index contributed by atoms with van der Waals surface area (Å²) in [5.74, 6) is -0.240. The lowest BCUT2D eigenvalue weighted by Gasteiger charge is -2.37. The van der Waals surface area contributed by atoms with E-state index >= 15 is 0 Å². The molecule has 5 heteroatoms. The average molecular weight is 406 g/mol. The molecule has 0 saturated heterocycles. The molecule has 0 amide bonds. The van der Waals surface area contributed by atoms with Crippen LogP contribution in [0.1, 0.15) is 27.5 Å². The molecule has 0 fully saturated rings. The van der Waals surface area contributed by atoms with E-state index in [0.717, 1.165) is 16.3 Å². The summed E-state index contributed by atoms with van der Waals surface area (Å²) < 4.78 is 0. The molecule has 0 radical (unpaired) electrons. The lowest BCUT2D eigenvalue weighted by atomic mass is 9.92. The molecule has 0 aliphatic carbocycles. The molecule has 0 N–H and O–H groups in total. The Kier molecular flexibility index (Phi) is 4.56. The number of nitro benzene ring substituents is 1. The maximum absolute atomic E-state index is 13.3. The van der Waals surface area contributed by atoms with Gasteiger partial charge < -0.3 is 4.90 Å². The second-order valence-corrected chi connectivity index (χ2v) is 7.42. The Morgan fingerprint density at radius 2 is 1.61 bits per heavy atom. The fourth-order valence-electron chi connectivity index (χ4n) is 4.04. The van der Waals surface area contributed by atoms with Crippen LogP contribution in [0.5, 0.6) is 0 Å². The van der Waals surface area contributed by atoms with Gasteiger partial charge in [-0.15, -0.1) is 0 Å². The van der Waals surface area contributed by atoms with Gasteiger partial charge in [-0.3, -0.25) is 14.9 Å². The van der Waals surface area contributed by atoms with Crippen LogP contribution >= 0.6 is 0 Å². The van der Waals surface area contributed by atoms with E-state index in [9.17, 15) is 14.9 Å². The van der Waals surface area contributed by atoms with Crippen molar-refractivity contribution in [2.45, 2.75) is 6.04 Å². The molecule has 1 atom stereocenters. The Labute approximate surface area is 179 Å². The number of nitro groups is 1. The predicted molar refractivity (Wildman–Crippen MR) is 121 cm³/mol. The van der Waals surface area contributed by atoms with Crippen molar-refractivity contribution < 1.29 is 9.72 Å². The molecule has 150 valence electrons. The smallest absolute Gasteiger partial charge is 0.270 e. The largest absolute Gasteiger partial charge is 0.336 e. The number of hydrogen-bond donors (Lipinski definition) is 0. The standard InChI is InChI=1S/C26H18N2O3/c29-26(19-8-2-1-3-9-19)23-17-20(28(30)31)13-14-24(23)27-16-15-25(27)22-12-6-10-18-7-4-5-11-21(18)22/h1-17,25H. The van der Waals surface area contributed by atoms with Crippen molar-refractivity contribution in [1.82, 2.24) is 0 Å². The number of benzene rings is 4. The van der Waals surface area contributed by atoms with E-state index in [-0.39, 0.29) is 17.5 Å². The summed E-state index contributed by atoms with van der Waals surface area (Å²) in [6.07, 6.45) is 3.98. The van der Waals surface area contributed by atoms with Gasteiger partial charge >= 0.3 is 0 Å². The van der Waals surface area contributed by atoms with E-state index in [0.29, 0.717) is 16.8 Å².